The first kappa shape index (κ1) is 11.3. The summed E-state index contributed by atoms with van der Waals surface area (Å²) in [4.78, 5) is 11.5. The second kappa shape index (κ2) is 5.88. The maximum absolute atomic E-state index is 11.5. The molecule has 0 bridgehead atoms. The lowest BCUT2D eigenvalue weighted by Gasteiger charge is -2.29. The Hall–Kier alpha value is 0.260. The van der Waals surface area contributed by atoms with Crippen LogP contribution in [0.5, 0.6) is 0 Å². The van der Waals surface area contributed by atoms with Crippen LogP contribution in [0.15, 0.2) is 0 Å². The van der Waals surface area contributed by atoms with Gasteiger partial charge in [-0.2, -0.15) is 0 Å². The number of nitrogens with one attached hydrogen (secondary N) is 1. The molecular formula is C8H15BrN2OS. The molecule has 5 heteroatoms. The van der Waals surface area contributed by atoms with Gasteiger partial charge >= 0.3 is 0 Å². The smallest absolute Gasteiger partial charge is 0.234 e. The molecular weight excluding hydrogens is 252 g/mol. The number of rotatable bonds is 4. The predicted molar refractivity (Wildman–Crippen MR) is 59.5 cm³/mol. The Labute approximate surface area is 92.0 Å². The summed E-state index contributed by atoms with van der Waals surface area (Å²) in [6.45, 7) is 2.88. The monoisotopic (exact) mass is 266 g/mol. The van der Waals surface area contributed by atoms with Gasteiger partial charge in [0.15, 0.2) is 0 Å². The molecule has 0 aromatic carbocycles. The average Bonchev–Trinajstić information content (AvgIpc) is 2.09. The summed E-state index contributed by atoms with van der Waals surface area (Å²) in [5.41, 5.74) is 0. The second-order valence-corrected chi connectivity index (χ2v) is 4.86. The molecule has 0 spiro atoms. The Morgan fingerprint density at radius 2 is 2.46 bits per heavy atom. The van der Waals surface area contributed by atoms with E-state index in [4.69, 9.17) is 0 Å². The zero-order chi connectivity index (χ0) is 9.68. The quantitative estimate of drug-likeness (QED) is 0.480. The van der Waals surface area contributed by atoms with Crippen LogP contribution in [0.2, 0.25) is 0 Å². The summed E-state index contributed by atoms with van der Waals surface area (Å²) >= 11 is 4.82. The highest BCUT2D eigenvalue weighted by molar-refractivity contribution is 9.09. The van der Waals surface area contributed by atoms with E-state index in [1.54, 1.807) is 0 Å². The normalized spacial score (nSPS) is 23.7. The third kappa shape index (κ3) is 3.87. The van der Waals surface area contributed by atoms with Crippen LogP contribution in [-0.2, 0) is 4.79 Å². The van der Waals surface area contributed by atoms with Crippen LogP contribution in [0.25, 0.3) is 0 Å². The van der Waals surface area contributed by atoms with Crippen LogP contribution in [0.4, 0.5) is 0 Å². The van der Waals surface area contributed by atoms with Crippen molar-refractivity contribution >= 4 is 34.0 Å². The number of hydrogen-bond donors (Lipinski definition) is 1. The van der Waals surface area contributed by atoms with Crippen molar-refractivity contribution in [2.75, 3.05) is 11.9 Å². The molecule has 1 atom stereocenters. The van der Waals surface area contributed by atoms with Crippen molar-refractivity contribution in [3.63, 3.8) is 0 Å². The molecule has 1 aliphatic heterocycles. The summed E-state index contributed by atoms with van der Waals surface area (Å²) in [6.07, 6.45) is 2.82. The topological polar surface area (TPSA) is 32.3 Å². The summed E-state index contributed by atoms with van der Waals surface area (Å²) in [6, 6.07) is 0.310. The van der Waals surface area contributed by atoms with Gasteiger partial charge in [0, 0.05) is 36.5 Å². The molecule has 0 aromatic heterocycles. The van der Waals surface area contributed by atoms with Gasteiger partial charge in [0.05, 0.1) is 0 Å². The predicted octanol–water partition coefficient (Wildman–Crippen LogP) is 1.94. The molecule has 1 fully saturated rings. The highest BCUT2D eigenvalue weighted by atomic mass is 79.9. The van der Waals surface area contributed by atoms with Crippen LogP contribution in [-0.4, -0.2) is 28.1 Å². The molecule has 13 heavy (non-hydrogen) atoms. The van der Waals surface area contributed by atoms with Gasteiger partial charge in [-0.15, -0.1) is 0 Å². The molecule has 76 valence electrons. The standard InChI is InChI=1S/C8H15BrN2OS/c1-7-6-8(12)11(13-10-7)5-3-2-4-9/h7,10H,2-6H2,1H3. The fraction of sp³-hybridized carbons (Fsp3) is 0.875. The maximum Gasteiger partial charge on any atom is 0.234 e. The zero-order valence-electron chi connectivity index (χ0n) is 7.75. The highest BCUT2D eigenvalue weighted by Crippen LogP contribution is 2.17. The fourth-order valence-electron chi connectivity index (χ4n) is 1.13. The van der Waals surface area contributed by atoms with Crippen molar-refractivity contribution in [3.05, 3.63) is 0 Å². The van der Waals surface area contributed by atoms with Crippen molar-refractivity contribution in [3.8, 4) is 0 Å². The lowest BCUT2D eigenvalue weighted by molar-refractivity contribution is -0.127. The molecule has 1 aliphatic rings. The zero-order valence-corrected chi connectivity index (χ0v) is 10.2. The molecule has 1 N–H and O–H groups in total. The first-order valence-electron chi connectivity index (χ1n) is 4.53. The van der Waals surface area contributed by atoms with Gasteiger partial charge in [0.1, 0.15) is 0 Å². The molecule has 1 rings (SSSR count). The van der Waals surface area contributed by atoms with E-state index in [0.717, 1.165) is 24.7 Å². The van der Waals surface area contributed by atoms with Crippen molar-refractivity contribution in [2.24, 2.45) is 0 Å². The summed E-state index contributed by atoms with van der Waals surface area (Å²) < 4.78 is 5.02. The van der Waals surface area contributed by atoms with E-state index in [1.165, 1.54) is 12.1 Å². The van der Waals surface area contributed by atoms with E-state index in [1.807, 2.05) is 11.2 Å². The van der Waals surface area contributed by atoms with E-state index >= 15 is 0 Å². The third-order valence-electron chi connectivity index (χ3n) is 1.87. The van der Waals surface area contributed by atoms with E-state index < -0.39 is 0 Å². The Balaban J connectivity index is 2.22. The molecule has 3 nitrogen and oxygen atoms in total. The van der Waals surface area contributed by atoms with Gasteiger partial charge in [-0.25, -0.2) is 4.72 Å². The summed E-state index contributed by atoms with van der Waals surface area (Å²) in [7, 11) is 0. The number of halogens is 1. The minimum Gasteiger partial charge on any atom is -0.274 e. The van der Waals surface area contributed by atoms with Gasteiger partial charge in [-0.05, 0) is 19.8 Å². The Bertz CT molecular complexity index is 180. The van der Waals surface area contributed by atoms with E-state index in [9.17, 15) is 4.79 Å². The van der Waals surface area contributed by atoms with Crippen molar-refractivity contribution in [1.82, 2.24) is 9.03 Å². The highest BCUT2D eigenvalue weighted by Gasteiger charge is 2.22. The number of carbonyl (C=O) groups is 1. The minimum atomic E-state index is 0.255. The van der Waals surface area contributed by atoms with Gasteiger partial charge < -0.3 is 0 Å². The number of carbonyl (C=O) groups excluding carboxylic acids is 1. The number of amides is 1. The summed E-state index contributed by atoms with van der Waals surface area (Å²) in [5, 5.41) is 1.02. The van der Waals surface area contributed by atoms with E-state index in [0.29, 0.717) is 12.5 Å². The minimum absolute atomic E-state index is 0.255. The number of alkyl halides is 1. The van der Waals surface area contributed by atoms with Crippen LogP contribution >= 0.6 is 28.1 Å². The van der Waals surface area contributed by atoms with Crippen LogP contribution in [0.3, 0.4) is 0 Å². The van der Waals surface area contributed by atoms with Gasteiger partial charge in [0.2, 0.25) is 5.91 Å². The van der Waals surface area contributed by atoms with Crippen molar-refractivity contribution in [2.45, 2.75) is 32.2 Å². The van der Waals surface area contributed by atoms with Crippen molar-refractivity contribution < 1.29 is 4.79 Å². The second-order valence-electron chi connectivity index (χ2n) is 3.21. The SMILES string of the molecule is CC1CC(=O)N(CCCCBr)SN1. The van der Waals surface area contributed by atoms with Crippen LogP contribution < -0.4 is 4.72 Å². The van der Waals surface area contributed by atoms with Crippen LogP contribution in [0, 0.1) is 0 Å². The first-order chi connectivity index (χ1) is 6.24. The summed E-state index contributed by atoms with van der Waals surface area (Å²) in [5.74, 6) is 0.255. The molecule has 1 heterocycles. The molecule has 0 radical (unpaired) electrons. The number of unbranched alkanes of at least 4 members (excludes halogenated alkanes) is 1. The van der Waals surface area contributed by atoms with E-state index in [2.05, 4.69) is 20.7 Å². The molecule has 0 aliphatic carbocycles. The maximum atomic E-state index is 11.5. The molecule has 1 saturated heterocycles. The van der Waals surface area contributed by atoms with Gasteiger partial charge in [-0.3, -0.25) is 9.10 Å². The molecule has 0 aromatic rings. The molecule has 1 unspecified atom stereocenters. The molecule has 1 amide bonds. The first-order valence-corrected chi connectivity index (χ1v) is 6.42. The lowest BCUT2D eigenvalue weighted by atomic mass is 10.2. The van der Waals surface area contributed by atoms with E-state index in [-0.39, 0.29) is 5.91 Å². The van der Waals surface area contributed by atoms with Gasteiger partial charge in [0.25, 0.3) is 0 Å². The van der Waals surface area contributed by atoms with Crippen molar-refractivity contribution in [1.29, 1.82) is 0 Å². The Morgan fingerprint density at radius 1 is 1.69 bits per heavy atom. The third-order valence-corrected chi connectivity index (χ3v) is 3.54. The van der Waals surface area contributed by atoms with Gasteiger partial charge in [-0.1, -0.05) is 15.9 Å². The van der Waals surface area contributed by atoms with Crippen LogP contribution in [0.1, 0.15) is 26.2 Å². The molecule has 0 saturated carbocycles. The number of hydrogen-bond acceptors (Lipinski definition) is 3. The Morgan fingerprint density at radius 3 is 3.08 bits per heavy atom. The Kier molecular flexibility index (Phi) is 5.13. The number of nitrogens with zero attached hydrogens (tertiary/aromatic N) is 1. The average molecular weight is 267 g/mol. The lowest BCUT2D eigenvalue weighted by Crippen LogP contribution is -2.40. The largest absolute Gasteiger partial charge is 0.274 e. The fourth-order valence-corrected chi connectivity index (χ4v) is 2.31.